The van der Waals surface area contributed by atoms with E-state index >= 15 is 0 Å². The van der Waals surface area contributed by atoms with E-state index in [1.54, 1.807) is 12.1 Å². The maximum Gasteiger partial charge on any atom is 0.115 e. The number of hydrogen-bond donors (Lipinski definition) is 3. The molecule has 0 amide bonds. The van der Waals surface area contributed by atoms with Crippen LogP contribution in [0, 0.1) is 0 Å². The number of quaternary nitrogens is 1. The highest BCUT2D eigenvalue weighted by Crippen LogP contribution is 2.24. The number of nitrogens with one attached hydrogen (secondary N) is 1. The van der Waals surface area contributed by atoms with Crippen molar-refractivity contribution in [2.45, 2.75) is 25.4 Å². The summed E-state index contributed by atoms with van der Waals surface area (Å²) in [5, 5.41) is 14.8. The molecule has 2 atom stereocenters. The summed E-state index contributed by atoms with van der Waals surface area (Å²) >= 11 is 0. The van der Waals surface area contributed by atoms with Crippen LogP contribution < -0.4 is 10.6 Å². The highest BCUT2D eigenvalue weighted by molar-refractivity contribution is 5.31. The summed E-state index contributed by atoms with van der Waals surface area (Å²) in [6, 6.07) is 7.81. The van der Waals surface area contributed by atoms with Crippen molar-refractivity contribution in [3.8, 4) is 5.75 Å². The zero-order valence-electron chi connectivity index (χ0n) is 9.91. The van der Waals surface area contributed by atoms with E-state index in [1.165, 1.54) is 5.56 Å². The van der Waals surface area contributed by atoms with Gasteiger partial charge in [-0.15, -0.1) is 0 Å². The van der Waals surface area contributed by atoms with Crippen LogP contribution in [-0.4, -0.2) is 25.2 Å². The van der Waals surface area contributed by atoms with Gasteiger partial charge in [-0.05, 0) is 38.6 Å². The van der Waals surface area contributed by atoms with E-state index in [2.05, 4.69) is 31.5 Å². The lowest BCUT2D eigenvalue weighted by atomic mass is 9.85. The van der Waals surface area contributed by atoms with E-state index in [0.717, 1.165) is 0 Å². The molecule has 0 aliphatic rings. The van der Waals surface area contributed by atoms with Crippen LogP contribution in [0.1, 0.15) is 19.4 Å². The Labute approximate surface area is 91.5 Å². The lowest BCUT2D eigenvalue weighted by Gasteiger charge is -2.33. The number of nitrogens with two attached hydrogens (primary N) is 1. The number of phenolic OH excluding ortho intramolecular Hbond substituents is 1. The lowest BCUT2D eigenvalue weighted by molar-refractivity contribution is -0.670. The Balaban J connectivity index is 3.05. The van der Waals surface area contributed by atoms with Gasteiger partial charge in [0, 0.05) is 0 Å². The van der Waals surface area contributed by atoms with Crippen LogP contribution in [0.15, 0.2) is 24.3 Å². The van der Waals surface area contributed by atoms with Crippen LogP contribution in [-0.2, 0) is 5.54 Å². The SMILES string of the molecule is CNC(C)(c1ccc(O)cc1)C(C)[NH2+]C. The second-order valence-corrected chi connectivity index (χ2v) is 4.12. The number of aromatic hydroxyl groups is 1. The van der Waals surface area contributed by atoms with Gasteiger partial charge in [-0.3, -0.25) is 0 Å². The van der Waals surface area contributed by atoms with Gasteiger partial charge >= 0.3 is 0 Å². The summed E-state index contributed by atoms with van der Waals surface area (Å²) in [7, 11) is 4.04. The number of phenols is 1. The first-order valence-corrected chi connectivity index (χ1v) is 5.32. The molecule has 4 N–H and O–H groups in total. The average Bonchev–Trinajstić information content (AvgIpc) is 2.27. The van der Waals surface area contributed by atoms with Gasteiger partial charge in [0.1, 0.15) is 11.8 Å². The Morgan fingerprint density at radius 2 is 1.87 bits per heavy atom. The zero-order chi connectivity index (χ0) is 11.5. The lowest BCUT2D eigenvalue weighted by Crippen LogP contribution is -2.90. The minimum Gasteiger partial charge on any atom is -0.508 e. The molecular formula is C12H21N2O+. The molecule has 0 saturated carbocycles. The number of benzene rings is 1. The molecule has 0 aliphatic carbocycles. The normalized spacial score (nSPS) is 17.1. The quantitative estimate of drug-likeness (QED) is 0.672. The monoisotopic (exact) mass is 209 g/mol. The van der Waals surface area contributed by atoms with E-state index in [0.29, 0.717) is 11.8 Å². The van der Waals surface area contributed by atoms with Crippen LogP contribution in [0.5, 0.6) is 5.75 Å². The predicted molar refractivity (Wildman–Crippen MR) is 61.8 cm³/mol. The molecule has 3 heteroatoms. The van der Waals surface area contributed by atoms with Crippen molar-refractivity contribution < 1.29 is 10.4 Å². The third kappa shape index (κ3) is 2.30. The van der Waals surface area contributed by atoms with Crippen LogP contribution >= 0.6 is 0 Å². The van der Waals surface area contributed by atoms with Gasteiger partial charge in [-0.25, -0.2) is 0 Å². The minimum atomic E-state index is -0.0809. The first kappa shape index (κ1) is 12.0. The molecule has 84 valence electrons. The van der Waals surface area contributed by atoms with Gasteiger partial charge in [0.15, 0.2) is 0 Å². The topological polar surface area (TPSA) is 48.9 Å². The Kier molecular flexibility index (Phi) is 3.72. The van der Waals surface area contributed by atoms with Gasteiger partial charge in [0.05, 0.1) is 12.6 Å². The van der Waals surface area contributed by atoms with Crippen molar-refractivity contribution in [2.75, 3.05) is 14.1 Å². The second kappa shape index (κ2) is 4.64. The molecular weight excluding hydrogens is 188 g/mol. The first-order chi connectivity index (χ1) is 7.04. The van der Waals surface area contributed by atoms with E-state index in [-0.39, 0.29) is 5.54 Å². The molecule has 1 aromatic carbocycles. The van der Waals surface area contributed by atoms with Crippen molar-refractivity contribution in [1.82, 2.24) is 5.32 Å². The molecule has 0 bridgehead atoms. The van der Waals surface area contributed by atoms with E-state index < -0.39 is 0 Å². The molecule has 0 aromatic heterocycles. The van der Waals surface area contributed by atoms with Crippen molar-refractivity contribution in [3.05, 3.63) is 29.8 Å². The van der Waals surface area contributed by atoms with Gasteiger partial charge in [0.2, 0.25) is 0 Å². The molecule has 1 rings (SSSR count). The highest BCUT2D eigenvalue weighted by atomic mass is 16.3. The average molecular weight is 209 g/mol. The van der Waals surface area contributed by atoms with Gasteiger partial charge in [-0.1, -0.05) is 12.1 Å². The van der Waals surface area contributed by atoms with E-state index in [4.69, 9.17) is 0 Å². The molecule has 0 heterocycles. The van der Waals surface area contributed by atoms with Crippen molar-refractivity contribution in [3.63, 3.8) is 0 Å². The largest absolute Gasteiger partial charge is 0.508 e. The van der Waals surface area contributed by atoms with E-state index in [1.807, 2.05) is 19.2 Å². The Morgan fingerprint density at radius 1 is 1.33 bits per heavy atom. The van der Waals surface area contributed by atoms with Crippen LogP contribution in [0.4, 0.5) is 0 Å². The van der Waals surface area contributed by atoms with Gasteiger partial charge < -0.3 is 15.7 Å². The third-order valence-electron chi connectivity index (χ3n) is 3.40. The summed E-state index contributed by atoms with van der Waals surface area (Å²) in [5.74, 6) is 0.310. The fraction of sp³-hybridized carbons (Fsp3) is 0.500. The molecule has 0 saturated heterocycles. The van der Waals surface area contributed by atoms with Crippen molar-refractivity contribution in [2.24, 2.45) is 0 Å². The van der Waals surface area contributed by atoms with Crippen LogP contribution in [0.2, 0.25) is 0 Å². The van der Waals surface area contributed by atoms with Gasteiger partial charge in [-0.2, -0.15) is 0 Å². The number of hydrogen-bond acceptors (Lipinski definition) is 2. The Morgan fingerprint density at radius 3 is 2.27 bits per heavy atom. The first-order valence-electron chi connectivity index (χ1n) is 5.32. The molecule has 1 aromatic rings. The molecule has 0 radical (unpaired) electrons. The fourth-order valence-corrected chi connectivity index (χ4v) is 1.78. The van der Waals surface area contributed by atoms with Gasteiger partial charge in [0.25, 0.3) is 0 Å². The number of rotatable bonds is 4. The molecule has 15 heavy (non-hydrogen) atoms. The predicted octanol–water partition coefficient (Wildman–Crippen LogP) is 0.408. The summed E-state index contributed by atoms with van der Waals surface area (Å²) in [6.45, 7) is 4.35. The maximum atomic E-state index is 9.26. The Hall–Kier alpha value is -1.06. The van der Waals surface area contributed by atoms with Crippen LogP contribution in [0.25, 0.3) is 0 Å². The highest BCUT2D eigenvalue weighted by Gasteiger charge is 2.33. The fourth-order valence-electron chi connectivity index (χ4n) is 1.78. The molecule has 0 spiro atoms. The molecule has 2 unspecified atom stereocenters. The zero-order valence-corrected chi connectivity index (χ0v) is 9.91. The maximum absolute atomic E-state index is 9.26. The molecule has 3 nitrogen and oxygen atoms in total. The molecule has 0 aliphatic heterocycles. The summed E-state index contributed by atoms with van der Waals surface area (Å²) in [4.78, 5) is 0. The summed E-state index contributed by atoms with van der Waals surface area (Å²) in [6.07, 6.45) is 0. The van der Waals surface area contributed by atoms with Crippen LogP contribution in [0.3, 0.4) is 0 Å². The molecule has 0 fully saturated rings. The smallest absolute Gasteiger partial charge is 0.115 e. The van der Waals surface area contributed by atoms with E-state index in [9.17, 15) is 5.11 Å². The Bertz CT molecular complexity index is 310. The van der Waals surface area contributed by atoms with Crippen molar-refractivity contribution >= 4 is 0 Å². The number of likely N-dealkylation sites (N-methyl/N-ethyl adjacent to an activating group) is 2. The third-order valence-corrected chi connectivity index (χ3v) is 3.40. The summed E-state index contributed by atoms with van der Waals surface area (Å²) < 4.78 is 0. The standard InChI is InChI=1S/C12H20N2O/c1-9(13-3)12(2,14-4)10-5-7-11(15)8-6-10/h5-9,13-15H,1-4H3/p+1. The summed E-state index contributed by atoms with van der Waals surface area (Å²) in [5.41, 5.74) is 1.11. The minimum absolute atomic E-state index is 0.0809. The van der Waals surface area contributed by atoms with Crippen molar-refractivity contribution in [1.29, 1.82) is 0 Å². The second-order valence-electron chi connectivity index (χ2n) is 4.12.